The molecule has 2 aromatic rings. The summed E-state index contributed by atoms with van der Waals surface area (Å²) in [5, 5.41) is 11.9. The van der Waals surface area contributed by atoms with Crippen LogP contribution in [0.4, 0.5) is 9.18 Å². The Balaban J connectivity index is 2.37. The van der Waals surface area contributed by atoms with Crippen LogP contribution in [-0.4, -0.2) is 19.5 Å². The molecule has 2 N–H and O–H groups in total. The van der Waals surface area contributed by atoms with Crippen LogP contribution >= 0.6 is 0 Å². The third-order valence-corrected chi connectivity index (χ3v) is 10.5. The van der Waals surface area contributed by atoms with Crippen molar-refractivity contribution < 1.29 is 18.7 Å². The zero-order chi connectivity index (χ0) is 23.6. The molecular formula is C25H36FNO3Si. The van der Waals surface area contributed by atoms with E-state index in [1.54, 1.807) is 0 Å². The molecule has 0 saturated carbocycles. The Morgan fingerprint density at radius 1 is 1.06 bits per heavy atom. The van der Waals surface area contributed by atoms with E-state index in [2.05, 4.69) is 39.2 Å². The van der Waals surface area contributed by atoms with E-state index in [1.165, 1.54) is 12.1 Å². The summed E-state index contributed by atoms with van der Waals surface area (Å²) in [6.45, 7) is 17.4. The predicted octanol–water partition coefficient (Wildman–Crippen LogP) is 7.37. The van der Waals surface area contributed by atoms with Crippen LogP contribution in [0.1, 0.15) is 58.7 Å². The Morgan fingerprint density at radius 3 is 2.26 bits per heavy atom. The molecule has 0 radical (unpaired) electrons. The normalized spacial score (nSPS) is 13.7. The van der Waals surface area contributed by atoms with Gasteiger partial charge in [-0.3, -0.25) is 0 Å². The molecule has 0 aromatic heterocycles. The van der Waals surface area contributed by atoms with Gasteiger partial charge in [0.2, 0.25) is 0 Å². The molecule has 0 aliphatic rings. The van der Waals surface area contributed by atoms with Gasteiger partial charge in [0.1, 0.15) is 5.82 Å². The molecule has 1 unspecified atom stereocenters. The van der Waals surface area contributed by atoms with E-state index >= 15 is 0 Å². The van der Waals surface area contributed by atoms with Crippen LogP contribution < -0.4 is 5.32 Å². The maximum atomic E-state index is 14.5. The number of benzene rings is 2. The van der Waals surface area contributed by atoms with Crippen molar-refractivity contribution in [3.05, 3.63) is 59.4 Å². The minimum Gasteiger partial charge on any atom is -0.465 e. The summed E-state index contributed by atoms with van der Waals surface area (Å²) in [5.74, 6) is -0.392. The van der Waals surface area contributed by atoms with Gasteiger partial charge in [0.25, 0.3) is 0 Å². The van der Waals surface area contributed by atoms with Gasteiger partial charge < -0.3 is 14.8 Å². The molecule has 4 nitrogen and oxygen atoms in total. The van der Waals surface area contributed by atoms with Crippen molar-refractivity contribution in [1.29, 1.82) is 0 Å². The number of amides is 1. The number of rotatable bonds is 6. The molecule has 0 spiro atoms. The fourth-order valence-electron chi connectivity index (χ4n) is 3.19. The second-order valence-corrected chi connectivity index (χ2v) is 15.6. The Bertz CT molecular complexity index is 929. The van der Waals surface area contributed by atoms with Crippen molar-refractivity contribution >= 4 is 14.4 Å². The lowest BCUT2D eigenvalue weighted by molar-refractivity contribution is 0.175. The Morgan fingerprint density at radius 2 is 1.71 bits per heavy atom. The van der Waals surface area contributed by atoms with Crippen molar-refractivity contribution in [2.24, 2.45) is 5.41 Å². The van der Waals surface area contributed by atoms with Gasteiger partial charge in [-0.25, -0.2) is 9.18 Å². The monoisotopic (exact) mass is 445 g/mol. The molecule has 170 valence electrons. The first-order valence-electron chi connectivity index (χ1n) is 10.6. The molecule has 1 amide bonds. The van der Waals surface area contributed by atoms with Gasteiger partial charge in [0.15, 0.2) is 8.32 Å². The predicted molar refractivity (Wildman–Crippen MR) is 127 cm³/mol. The topological polar surface area (TPSA) is 58.6 Å². The summed E-state index contributed by atoms with van der Waals surface area (Å²) >= 11 is 0. The second-order valence-electron chi connectivity index (χ2n) is 10.8. The quantitative estimate of drug-likeness (QED) is 0.456. The van der Waals surface area contributed by atoms with Crippen LogP contribution in [0.2, 0.25) is 18.1 Å². The highest BCUT2D eigenvalue weighted by Crippen LogP contribution is 2.38. The smallest absolute Gasteiger partial charge is 0.405 e. The fraction of sp³-hybridized carbons (Fsp3) is 0.480. The molecule has 1 atom stereocenters. The summed E-state index contributed by atoms with van der Waals surface area (Å²) in [5.41, 5.74) is 2.81. The van der Waals surface area contributed by atoms with Gasteiger partial charge >= 0.3 is 6.09 Å². The first kappa shape index (κ1) is 25.1. The van der Waals surface area contributed by atoms with Gasteiger partial charge in [-0.2, -0.15) is 0 Å². The molecule has 2 rings (SSSR count). The standard InChI is InChI=1S/C25H36FNO3Si/c1-24(2,3)22(27-23(28)29)20-13-19(14-21(26)15-20)18-11-9-10-17(12-18)16-30-31(7,8)25(4,5)6/h9-15,22,27H,16H2,1-8H3,(H,28,29). The Kier molecular flexibility index (Phi) is 7.38. The van der Waals surface area contributed by atoms with E-state index in [1.807, 2.05) is 51.1 Å². The number of nitrogens with one attached hydrogen (secondary N) is 1. The molecule has 2 aromatic carbocycles. The first-order valence-corrected chi connectivity index (χ1v) is 13.5. The lowest BCUT2D eigenvalue weighted by Gasteiger charge is -2.36. The van der Waals surface area contributed by atoms with Crippen molar-refractivity contribution in [1.82, 2.24) is 5.32 Å². The molecule has 0 aliphatic heterocycles. The van der Waals surface area contributed by atoms with E-state index < -0.39 is 31.7 Å². The number of hydrogen-bond acceptors (Lipinski definition) is 2. The zero-order valence-corrected chi connectivity index (χ0v) is 21.0. The molecule has 6 heteroatoms. The van der Waals surface area contributed by atoms with Crippen LogP contribution in [0.25, 0.3) is 11.1 Å². The molecule has 0 aliphatic carbocycles. The van der Waals surface area contributed by atoms with Crippen LogP contribution in [0.15, 0.2) is 42.5 Å². The lowest BCUT2D eigenvalue weighted by atomic mass is 9.81. The van der Waals surface area contributed by atoms with Crippen molar-refractivity contribution in [2.75, 3.05) is 0 Å². The third-order valence-electron chi connectivity index (χ3n) is 6.05. The van der Waals surface area contributed by atoms with Gasteiger partial charge in [0.05, 0.1) is 12.6 Å². The number of halogens is 1. The van der Waals surface area contributed by atoms with E-state index in [0.29, 0.717) is 17.7 Å². The van der Waals surface area contributed by atoms with Gasteiger partial charge in [-0.1, -0.05) is 59.7 Å². The molecule has 0 fully saturated rings. The van der Waals surface area contributed by atoms with Crippen LogP contribution in [0.3, 0.4) is 0 Å². The minimum absolute atomic E-state index is 0.126. The van der Waals surface area contributed by atoms with Gasteiger partial charge in [-0.05, 0) is 70.1 Å². The molecular weight excluding hydrogens is 409 g/mol. The summed E-state index contributed by atoms with van der Waals surface area (Å²) in [4.78, 5) is 11.3. The summed E-state index contributed by atoms with van der Waals surface area (Å²) < 4.78 is 20.9. The fourth-order valence-corrected chi connectivity index (χ4v) is 4.15. The maximum Gasteiger partial charge on any atom is 0.405 e. The summed E-state index contributed by atoms with van der Waals surface area (Å²) in [7, 11) is -1.88. The number of hydrogen-bond donors (Lipinski definition) is 2. The molecule has 31 heavy (non-hydrogen) atoms. The summed E-state index contributed by atoms with van der Waals surface area (Å²) in [6, 6.07) is 12.1. The maximum absolute atomic E-state index is 14.5. The lowest BCUT2D eigenvalue weighted by Crippen LogP contribution is -2.40. The molecule has 0 saturated heterocycles. The highest BCUT2D eigenvalue weighted by atomic mass is 28.4. The van der Waals surface area contributed by atoms with Crippen LogP contribution in [0, 0.1) is 11.2 Å². The Labute approximate surface area is 187 Å². The van der Waals surface area contributed by atoms with Gasteiger partial charge in [0, 0.05) is 0 Å². The number of carboxylic acid groups (broad SMARTS) is 1. The van der Waals surface area contributed by atoms with Crippen molar-refractivity contribution in [3.8, 4) is 11.1 Å². The van der Waals surface area contributed by atoms with Crippen molar-refractivity contribution in [3.63, 3.8) is 0 Å². The van der Waals surface area contributed by atoms with Crippen LogP contribution in [0.5, 0.6) is 0 Å². The largest absolute Gasteiger partial charge is 0.465 e. The molecule has 0 heterocycles. The zero-order valence-electron chi connectivity index (χ0n) is 20.0. The summed E-state index contributed by atoms with van der Waals surface area (Å²) in [6.07, 6.45) is -1.13. The first-order chi connectivity index (χ1) is 14.1. The highest BCUT2D eigenvalue weighted by molar-refractivity contribution is 6.74. The van der Waals surface area contributed by atoms with Gasteiger partial charge in [-0.15, -0.1) is 0 Å². The van der Waals surface area contributed by atoms with E-state index in [9.17, 15) is 14.3 Å². The van der Waals surface area contributed by atoms with Crippen molar-refractivity contribution in [2.45, 2.75) is 72.3 Å². The second kappa shape index (κ2) is 9.13. The Hall–Kier alpha value is -2.18. The van der Waals surface area contributed by atoms with Crippen LogP contribution in [-0.2, 0) is 11.0 Å². The SMILES string of the molecule is CC(C)(C)C(NC(=O)O)c1cc(F)cc(-c2cccc(CO[Si](C)(C)C(C)(C)C)c2)c1. The van der Waals surface area contributed by atoms with E-state index in [-0.39, 0.29) is 5.04 Å². The third kappa shape index (κ3) is 6.65. The highest BCUT2D eigenvalue weighted by Gasteiger charge is 2.37. The van der Waals surface area contributed by atoms with E-state index in [4.69, 9.17) is 4.43 Å². The minimum atomic E-state index is -1.88. The number of carbonyl (C=O) groups is 1. The average Bonchev–Trinajstić information content (AvgIpc) is 2.62. The molecule has 0 bridgehead atoms. The average molecular weight is 446 g/mol. The van der Waals surface area contributed by atoms with E-state index in [0.717, 1.165) is 11.1 Å².